The van der Waals surface area contributed by atoms with Gasteiger partial charge in [-0.05, 0) is 13.8 Å². The van der Waals surface area contributed by atoms with Crippen LogP contribution in [0, 0.1) is 0 Å². The average molecular weight is 294 g/mol. The molecule has 18 heavy (non-hydrogen) atoms. The van der Waals surface area contributed by atoms with Crippen molar-refractivity contribution in [1.82, 2.24) is 9.62 Å². The molecule has 0 aromatic carbocycles. The molecular formula is C10H22N4O2S2. The SMILES string of the molecule is CC(C)NS(=O)(=O)CCN=C(N)N1CCSCC1. The van der Waals surface area contributed by atoms with E-state index in [1.165, 1.54) is 0 Å². The molecule has 0 aromatic rings. The summed E-state index contributed by atoms with van der Waals surface area (Å²) >= 11 is 1.89. The van der Waals surface area contributed by atoms with Gasteiger partial charge in [0.25, 0.3) is 0 Å². The summed E-state index contributed by atoms with van der Waals surface area (Å²) in [6.07, 6.45) is 0. The van der Waals surface area contributed by atoms with Crippen molar-refractivity contribution in [3.8, 4) is 0 Å². The molecule has 1 saturated heterocycles. The smallest absolute Gasteiger partial charge is 0.213 e. The number of nitrogens with one attached hydrogen (secondary N) is 1. The fraction of sp³-hybridized carbons (Fsp3) is 0.900. The fourth-order valence-electron chi connectivity index (χ4n) is 1.59. The van der Waals surface area contributed by atoms with Gasteiger partial charge in [0.2, 0.25) is 10.0 Å². The van der Waals surface area contributed by atoms with E-state index in [0.717, 1.165) is 24.6 Å². The van der Waals surface area contributed by atoms with Crippen LogP contribution in [0.5, 0.6) is 0 Å². The second-order valence-electron chi connectivity index (χ2n) is 4.43. The summed E-state index contributed by atoms with van der Waals surface area (Å²) < 4.78 is 25.6. The second kappa shape index (κ2) is 7.20. The summed E-state index contributed by atoms with van der Waals surface area (Å²) in [6.45, 7) is 5.56. The van der Waals surface area contributed by atoms with E-state index < -0.39 is 10.0 Å². The fourth-order valence-corrected chi connectivity index (χ4v) is 3.66. The van der Waals surface area contributed by atoms with E-state index in [1.807, 2.05) is 16.7 Å². The van der Waals surface area contributed by atoms with Crippen molar-refractivity contribution in [3.05, 3.63) is 0 Å². The van der Waals surface area contributed by atoms with Crippen LogP contribution >= 0.6 is 11.8 Å². The third kappa shape index (κ3) is 5.92. The molecule has 1 aliphatic rings. The lowest BCUT2D eigenvalue weighted by Gasteiger charge is -2.27. The summed E-state index contributed by atoms with van der Waals surface area (Å²) in [5.74, 6) is 2.52. The number of rotatable bonds is 5. The van der Waals surface area contributed by atoms with Gasteiger partial charge in [-0.25, -0.2) is 13.1 Å². The number of hydrogen-bond donors (Lipinski definition) is 2. The Hall–Kier alpha value is -0.470. The van der Waals surface area contributed by atoms with Gasteiger partial charge in [0, 0.05) is 30.6 Å². The van der Waals surface area contributed by atoms with Crippen molar-refractivity contribution in [2.75, 3.05) is 36.9 Å². The van der Waals surface area contributed by atoms with Crippen molar-refractivity contribution < 1.29 is 8.42 Å². The quantitative estimate of drug-likeness (QED) is 0.536. The van der Waals surface area contributed by atoms with Gasteiger partial charge in [0.05, 0.1) is 12.3 Å². The molecule has 1 rings (SSSR count). The average Bonchev–Trinajstić information content (AvgIpc) is 2.28. The van der Waals surface area contributed by atoms with Crippen LogP contribution in [-0.4, -0.2) is 62.2 Å². The Labute approximate surface area is 113 Å². The molecule has 0 aliphatic carbocycles. The lowest BCUT2D eigenvalue weighted by molar-refractivity contribution is 0.456. The first-order valence-electron chi connectivity index (χ1n) is 6.03. The van der Waals surface area contributed by atoms with Gasteiger partial charge < -0.3 is 10.6 Å². The molecule has 0 unspecified atom stereocenters. The van der Waals surface area contributed by atoms with Gasteiger partial charge in [-0.1, -0.05) is 0 Å². The summed E-state index contributed by atoms with van der Waals surface area (Å²) in [5.41, 5.74) is 5.83. The van der Waals surface area contributed by atoms with Crippen LogP contribution in [0.3, 0.4) is 0 Å². The number of nitrogens with zero attached hydrogens (tertiary/aromatic N) is 2. The molecule has 0 saturated carbocycles. The van der Waals surface area contributed by atoms with E-state index in [4.69, 9.17) is 5.73 Å². The predicted molar refractivity (Wildman–Crippen MR) is 77.4 cm³/mol. The molecule has 0 aromatic heterocycles. The lowest BCUT2D eigenvalue weighted by Crippen LogP contribution is -2.43. The zero-order valence-electron chi connectivity index (χ0n) is 10.9. The Kier molecular flexibility index (Phi) is 6.24. The molecule has 1 heterocycles. The first-order valence-corrected chi connectivity index (χ1v) is 8.84. The van der Waals surface area contributed by atoms with Crippen molar-refractivity contribution >= 4 is 27.7 Å². The number of nitrogens with two attached hydrogens (primary N) is 1. The number of thioether (sulfide) groups is 1. The monoisotopic (exact) mass is 294 g/mol. The maximum Gasteiger partial charge on any atom is 0.213 e. The van der Waals surface area contributed by atoms with Crippen LogP contribution in [0.25, 0.3) is 0 Å². The first-order chi connectivity index (χ1) is 8.41. The molecule has 0 bridgehead atoms. The maximum atomic E-state index is 11.6. The van der Waals surface area contributed by atoms with Crippen molar-refractivity contribution in [2.45, 2.75) is 19.9 Å². The third-order valence-electron chi connectivity index (χ3n) is 2.38. The van der Waals surface area contributed by atoms with E-state index in [-0.39, 0.29) is 18.3 Å². The Bertz CT molecular complexity index is 375. The highest BCUT2D eigenvalue weighted by molar-refractivity contribution is 7.99. The minimum absolute atomic E-state index is 0.0194. The first kappa shape index (κ1) is 15.6. The van der Waals surface area contributed by atoms with Crippen LogP contribution in [0.1, 0.15) is 13.8 Å². The topological polar surface area (TPSA) is 87.8 Å². The normalized spacial score (nSPS) is 18.4. The minimum atomic E-state index is -3.24. The van der Waals surface area contributed by atoms with Crippen LogP contribution in [-0.2, 0) is 10.0 Å². The lowest BCUT2D eigenvalue weighted by atomic mass is 10.4. The van der Waals surface area contributed by atoms with Gasteiger partial charge in [-0.3, -0.25) is 4.99 Å². The van der Waals surface area contributed by atoms with Crippen LogP contribution in [0.4, 0.5) is 0 Å². The Morgan fingerprint density at radius 1 is 1.44 bits per heavy atom. The Morgan fingerprint density at radius 2 is 2.06 bits per heavy atom. The molecule has 0 amide bonds. The van der Waals surface area contributed by atoms with Crippen molar-refractivity contribution in [2.24, 2.45) is 10.7 Å². The van der Waals surface area contributed by atoms with E-state index >= 15 is 0 Å². The van der Waals surface area contributed by atoms with E-state index in [9.17, 15) is 8.42 Å². The summed E-state index contributed by atoms with van der Waals surface area (Å²) in [5, 5.41) is 0. The van der Waals surface area contributed by atoms with E-state index in [2.05, 4.69) is 9.71 Å². The number of hydrogen-bond acceptors (Lipinski definition) is 4. The summed E-state index contributed by atoms with van der Waals surface area (Å²) in [7, 11) is -3.24. The van der Waals surface area contributed by atoms with Crippen LogP contribution in [0.2, 0.25) is 0 Å². The highest BCUT2D eigenvalue weighted by Crippen LogP contribution is 2.08. The molecule has 8 heteroatoms. The highest BCUT2D eigenvalue weighted by atomic mass is 32.2. The standard InChI is InChI=1S/C10H22N4O2S2/c1-9(2)13-18(15,16)8-3-12-10(11)14-4-6-17-7-5-14/h9,13H,3-8H2,1-2H3,(H2,11,12). The van der Waals surface area contributed by atoms with Crippen LogP contribution in [0.15, 0.2) is 4.99 Å². The van der Waals surface area contributed by atoms with Gasteiger partial charge in [-0.15, -0.1) is 0 Å². The number of aliphatic imine (C=N–C) groups is 1. The molecule has 106 valence electrons. The zero-order chi connectivity index (χ0) is 13.6. The molecule has 6 nitrogen and oxygen atoms in total. The molecule has 0 radical (unpaired) electrons. The van der Waals surface area contributed by atoms with E-state index in [0.29, 0.717) is 5.96 Å². The molecule has 3 N–H and O–H groups in total. The van der Waals surface area contributed by atoms with Crippen molar-refractivity contribution in [1.29, 1.82) is 0 Å². The molecule has 0 spiro atoms. The van der Waals surface area contributed by atoms with Gasteiger partial charge in [-0.2, -0.15) is 11.8 Å². The summed E-state index contributed by atoms with van der Waals surface area (Å²) in [6, 6.07) is -0.0876. The minimum Gasteiger partial charge on any atom is -0.370 e. The largest absolute Gasteiger partial charge is 0.370 e. The van der Waals surface area contributed by atoms with E-state index in [1.54, 1.807) is 13.8 Å². The van der Waals surface area contributed by atoms with Crippen LogP contribution < -0.4 is 10.5 Å². The maximum absolute atomic E-state index is 11.6. The third-order valence-corrected chi connectivity index (χ3v) is 4.88. The second-order valence-corrected chi connectivity index (χ2v) is 7.53. The highest BCUT2D eigenvalue weighted by Gasteiger charge is 2.14. The molecule has 0 atom stereocenters. The Morgan fingerprint density at radius 3 is 2.61 bits per heavy atom. The molecule has 1 fully saturated rings. The number of sulfonamides is 1. The predicted octanol–water partition coefficient (Wildman–Crippen LogP) is -0.322. The molecular weight excluding hydrogens is 272 g/mol. The Balaban J connectivity index is 2.39. The number of guanidine groups is 1. The zero-order valence-corrected chi connectivity index (χ0v) is 12.6. The van der Waals surface area contributed by atoms with Crippen molar-refractivity contribution in [3.63, 3.8) is 0 Å². The summed E-state index contributed by atoms with van der Waals surface area (Å²) in [4.78, 5) is 6.13. The molecule has 1 aliphatic heterocycles. The van der Waals surface area contributed by atoms with Gasteiger partial charge in [0.15, 0.2) is 5.96 Å². The van der Waals surface area contributed by atoms with Gasteiger partial charge in [0.1, 0.15) is 0 Å². The van der Waals surface area contributed by atoms with Gasteiger partial charge >= 0.3 is 0 Å².